The number of H-pyrrole nitrogens is 1. The van der Waals surface area contributed by atoms with E-state index < -0.39 is 11.9 Å². The van der Waals surface area contributed by atoms with Gasteiger partial charge in [-0.3, -0.25) is 14.4 Å². The molecule has 33 heteroatoms. The van der Waals surface area contributed by atoms with Crippen molar-refractivity contribution in [2.45, 2.75) is 126 Å². The molecular weight excluding hydrogens is 1940 g/mol. The molecule has 0 atom stereocenters. The van der Waals surface area contributed by atoms with Crippen LogP contribution in [0.2, 0.25) is 20.6 Å². The summed E-state index contributed by atoms with van der Waals surface area (Å²) >= 11 is 50.3. The highest BCUT2D eigenvalue weighted by molar-refractivity contribution is 9.12. The van der Waals surface area contributed by atoms with Gasteiger partial charge < -0.3 is 50.0 Å². The van der Waals surface area contributed by atoms with Gasteiger partial charge in [0, 0.05) is 43.6 Å². The van der Waals surface area contributed by atoms with Crippen molar-refractivity contribution in [3.8, 4) is 46.4 Å². The molecule has 0 saturated heterocycles. The molecule has 103 heavy (non-hydrogen) atoms. The van der Waals surface area contributed by atoms with Gasteiger partial charge in [-0.15, -0.1) is 35.7 Å². The van der Waals surface area contributed by atoms with Crippen LogP contribution in [-0.2, 0) is 41.7 Å². The van der Waals surface area contributed by atoms with E-state index in [4.69, 9.17) is 91.3 Å². The van der Waals surface area contributed by atoms with Gasteiger partial charge in [0.25, 0.3) is 5.56 Å². The summed E-state index contributed by atoms with van der Waals surface area (Å²) < 4.78 is 22.6. The van der Waals surface area contributed by atoms with Crippen LogP contribution >= 0.6 is 174 Å². The number of aromatic hydroxyl groups is 2. The van der Waals surface area contributed by atoms with Gasteiger partial charge in [0.05, 0.1) is 48.6 Å². The van der Waals surface area contributed by atoms with Crippen LogP contribution in [0, 0.1) is 0 Å². The molecule has 21 nitrogen and oxygen atoms in total. The van der Waals surface area contributed by atoms with E-state index in [0.717, 1.165) is 42.3 Å². The van der Waals surface area contributed by atoms with Crippen molar-refractivity contribution >= 4 is 186 Å². The zero-order valence-corrected chi connectivity index (χ0v) is 70.7. The lowest BCUT2D eigenvalue weighted by Gasteiger charge is -2.13. The second kappa shape index (κ2) is 47.0. The van der Waals surface area contributed by atoms with Crippen molar-refractivity contribution in [3.05, 3.63) is 214 Å². The number of aliphatic hydroxyl groups is 3. The van der Waals surface area contributed by atoms with E-state index in [2.05, 4.69) is 168 Å². The van der Waals surface area contributed by atoms with E-state index in [1.54, 1.807) is 84.9 Å². The van der Waals surface area contributed by atoms with Crippen molar-refractivity contribution < 1.29 is 59.5 Å². The van der Waals surface area contributed by atoms with E-state index in [-0.39, 0.29) is 88.2 Å². The summed E-state index contributed by atoms with van der Waals surface area (Å²) in [5.74, 6) is 1.91. The fraction of sp³-hybridized carbons (Fsp3) is 0.314. The van der Waals surface area contributed by atoms with Gasteiger partial charge in [-0.2, -0.15) is 0 Å². The Kier molecular flexibility index (Phi) is 42.9. The molecule has 5 aromatic carbocycles. The maximum atomic E-state index is 11.7. The minimum atomic E-state index is -0.915. The number of carboxylic acid groups (broad SMARTS) is 2. The number of ether oxygens (including phenoxy) is 3. The van der Waals surface area contributed by atoms with Gasteiger partial charge in [-0.1, -0.05) is 129 Å². The van der Waals surface area contributed by atoms with Crippen LogP contribution in [0.4, 0.5) is 0 Å². The highest BCUT2D eigenvalue weighted by Gasteiger charge is 2.19. The number of aromatic nitrogens is 8. The molecule has 0 amide bonds. The first-order valence-electron chi connectivity index (χ1n) is 30.1. The quantitative estimate of drug-likeness (QED) is 0.0351. The molecule has 0 bridgehead atoms. The van der Waals surface area contributed by atoms with Crippen molar-refractivity contribution in [3.63, 3.8) is 0 Å². The van der Waals surface area contributed by atoms with E-state index >= 15 is 0 Å². The number of carbonyl (C=O) groups is 2. The normalized spacial score (nSPS) is 10.5. The number of aliphatic hydroxyl groups excluding tert-OH is 3. The first-order valence-corrected chi connectivity index (χ1v) is 37.9. The molecule has 0 aliphatic rings. The number of aromatic amines is 1. The molecule has 558 valence electrons. The largest absolute Gasteiger partial charge is 0.508 e. The van der Waals surface area contributed by atoms with Crippen LogP contribution in [-0.4, -0.2) is 108 Å². The second-order valence-corrected chi connectivity index (χ2v) is 30.8. The van der Waals surface area contributed by atoms with Gasteiger partial charge in [-0.05, 0) is 282 Å². The average molecular weight is 2020 g/mol. The fourth-order valence-electron chi connectivity index (χ4n) is 8.26. The summed E-state index contributed by atoms with van der Waals surface area (Å²) in [4.78, 5) is 33.3. The van der Waals surface area contributed by atoms with Gasteiger partial charge >= 0.3 is 11.9 Å². The number of hydrogen-bond donors (Lipinski definition) is 8. The Bertz CT molecular complexity index is 4230. The lowest BCUT2D eigenvalue weighted by molar-refractivity contribution is -0.137. The number of rotatable bonds is 20. The third-order valence-corrected chi connectivity index (χ3v) is 19.1. The molecule has 8 N–H and O–H groups in total. The average Bonchev–Trinajstić information content (AvgIpc) is 0.831. The van der Waals surface area contributed by atoms with Gasteiger partial charge in [0.1, 0.15) is 11.5 Å². The smallest absolute Gasteiger partial charge is 0.307 e. The molecule has 0 fully saturated rings. The predicted octanol–water partition coefficient (Wildman–Crippen LogP) is 21.7. The predicted molar refractivity (Wildman–Crippen MR) is 433 cm³/mol. The monoisotopic (exact) mass is 2010 g/mol. The topological polar surface area (TPSA) is 327 Å². The highest BCUT2D eigenvalue weighted by atomic mass is 79.9. The van der Waals surface area contributed by atoms with E-state index in [0.29, 0.717) is 118 Å². The molecule has 0 aliphatic carbocycles. The molecule has 4 heterocycles. The number of carboxylic acids is 2. The minimum Gasteiger partial charge on any atom is -0.508 e. The molecular formula is C70H76Br8Cl4N8O13. The highest BCUT2D eigenvalue weighted by Crippen LogP contribution is 2.42. The third kappa shape index (κ3) is 31.8. The number of nitrogens with zero attached hydrogens (tertiary/aromatic N) is 7. The molecule has 9 aromatic rings. The first kappa shape index (κ1) is 94.1. The Hall–Kier alpha value is -4.96. The Labute approximate surface area is 685 Å². The number of nitrogens with one attached hydrogen (secondary N) is 1. The zero-order chi connectivity index (χ0) is 75.5. The van der Waals surface area contributed by atoms with Crippen LogP contribution in [0.25, 0.3) is 0 Å². The first-order chi connectivity index (χ1) is 47.5. The Morgan fingerprint density at radius 3 is 1.05 bits per heavy atom. The van der Waals surface area contributed by atoms with Crippen molar-refractivity contribution in [2.24, 2.45) is 0 Å². The summed E-state index contributed by atoms with van der Waals surface area (Å²) in [6.07, 6.45) is 1.66. The Morgan fingerprint density at radius 1 is 0.417 bits per heavy atom. The van der Waals surface area contributed by atoms with Gasteiger partial charge in [-0.25, -0.2) is 5.10 Å². The molecule has 0 saturated carbocycles. The van der Waals surface area contributed by atoms with E-state index in [1.165, 1.54) is 0 Å². The standard InChI is InChI=1S/C15H13Br2ClN2O3.C15H15Br2ClN2O2.C15H14Br2N2O4.C8H8Br2O2.C8H10O2.C7H8Cl2N2.2CH4/c1-7(2)9-6-12(19-20-15(9)18)23-14-10(16)3-8(4-11(14)17)5-13(21)22;1-8(2)10-7-13(19-20-15(10)18)22-14-11(16)5-9(3-4-21)6-12(14)17;1-7(2)9-6-12(18-19-15(9)22)23-14-10(16)3-8(4-11(14)17)5-13(20)21;9-6-3-5(1-2-11)4-7(10)8(6)12;9-6-5-7-1-3-8(10)4-2-7;1-4(2)5-3-6(8)10-11-7(5)9;;/h3-4,6-7H,5H2,1-2H3,(H,21,22);5-8,21H,3-4H2,1-2H3;3-4,6-7H,5H2,1-2H3,(H,19,22)(H,20,21);3-4,11-12H,1-2H2;1-4,9-10H,5-6H2;3-4H,1-2H3;2*1H4. The maximum absolute atomic E-state index is 11.7. The van der Waals surface area contributed by atoms with Gasteiger partial charge in [0.15, 0.2) is 37.9 Å². The van der Waals surface area contributed by atoms with E-state index in [1.807, 2.05) is 67.5 Å². The number of phenolic OH excluding ortho intramolecular Hbond substituents is 2. The molecule has 0 spiro atoms. The van der Waals surface area contributed by atoms with Crippen LogP contribution in [0.1, 0.15) is 144 Å². The van der Waals surface area contributed by atoms with Crippen molar-refractivity contribution in [1.82, 2.24) is 40.8 Å². The number of hydrogen-bond acceptors (Lipinski definition) is 18. The second-order valence-electron chi connectivity index (χ2n) is 22.5. The number of phenols is 2. The van der Waals surface area contributed by atoms with Crippen LogP contribution in [0.3, 0.4) is 0 Å². The lowest BCUT2D eigenvalue weighted by atomic mass is 10.1. The molecule has 4 aromatic heterocycles. The summed E-state index contributed by atoms with van der Waals surface area (Å²) in [5, 5.41) is 93.0. The Morgan fingerprint density at radius 2 is 0.718 bits per heavy atom. The van der Waals surface area contributed by atoms with Gasteiger partial charge in [0.2, 0.25) is 17.6 Å². The number of halogens is 12. The van der Waals surface area contributed by atoms with Crippen LogP contribution in [0.5, 0.6) is 46.4 Å². The maximum Gasteiger partial charge on any atom is 0.307 e. The zero-order valence-electron chi connectivity index (χ0n) is 54.9. The number of aliphatic carboxylic acids is 2. The molecule has 0 unspecified atom stereocenters. The van der Waals surface area contributed by atoms with Crippen molar-refractivity contribution in [2.75, 3.05) is 19.8 Å². The fourth-order valence-corrected chi connectivity index (χ4v) is 15.0. The summed E-state index contributed by atoms with van der Waals surface area (Å²) in [5.41, 5.74) is 7.28. The molecule has 9 rings (SSSR count). The summed E-state index contributed by atoms with van der Waals surface area (Å²) in [6.45, 7) is 16.3. The van der Waals surface area contributed by atoms with Crippen LogP contribution < -0.4 is 19.8 Å². The number of benzene rings is 5. The Balaban J connectivity index is 0.000000431. The van der Waals surface area contributed by atoms with E-state index in [9.17, 15) is 19.5 Å². The minimum absolute atomic E-state index is 0. The molecule has 0 aliphatic heterocycles. The SMILES string of the molecule is C.C.CC(C)c1cc(Cl)nnc1Cl.CC(C)c1cc(Oc2c(Br)cc(CC(=O)O)cc2Br)n[nH]c1=O.CC(C)c1cc(Oc2c(Br)cc(CC(=O)O)cc2Br)nnc1Cl.CC(C)c1cc(Oc2c(Br)cc(CCO)cc2Br)nnc1Cl.OCCc1cc(Br)c(O)c(Br)c1.OCCc1ccc(O)cc1. The lowest BCUT2D eigenvalue weighted by Crippen LogP contribution is -2.15. The summed E-state index contributed by atoms with van der Waals surface area (Å²) in [6, 6.07) is 27.8. The molecule has 0 radical (unpaired) electrons. The third-order valence-electron chi connectivity index (χ3n) is 13.3. The van der Waals surface area contributed by atoms with Crippen molar-refractivity contribution in [1.29, 1.82) is 0 Å². The van der Waals surface area contributed by atoms with Crippen LogP contribution in [0.15, 0.2) is 138 Å². The summed E-state index contributed by atoms with van der Waals surface area (Å²) in [7, 11) is 0.